The third kappa shape index (κ3) is 4.04. The Morgan fingerprint density at radius 2 is 2.16 bits per heavy atom. The summed E-state index contributed by atoms with van der Waals surface area (Å²) in [6, 6.07) is 1.40. The molecule has 4 rings (SSSR count). The molecule has 12 heteroatoms. The molecule has 2 aliphatic heterocycles. The maximum Gasteiger partial charge on any atom is 0.273 e. The first kappa shape index (κ1) is 15.6. The number of rotatable bonds is 7. The molecule has 0 spiro atoms. The van der Waals surface area contributed by atoms with E-state index >= 15 is 0 Å². The van der Waals surface area contributed by atoms with Crippen LogP contribution in [0, 0.1) is 0 Å². The van der Waals surface area contributed by atoms with Crippen molar-refractivity contribution >= 4 is 33.0 Å². The molecule has 1 fully saturated rings. The Hall–Kier alpha value is -2.15. The second-order valence-electron chi connectivity index (χ2n) is 6.90. The van der Waals surface area contributed by atoms with E-state index in [1.165, 1.54) is 17.4 Å². The fourth-order valence-electron chi connectivity index (χ4n) is 3.56. The second kappa shape index (κ2) is 8.77. The number of anilines is 1. The van der Waals surface area contributed by atoms with Crippen LogP contribution in [0.2, 0.25) is 0 Å². The van der Waals surface area contributed by atoms with Crippen molar-refractivity contribution in [2.24, 2.45) is 7.05 Å². The zero-order valence-corrected chi connectivity index (χ0v) is 18.7. The zero-order chi connectivity index (χ0) is 27.3. The number of nitrogens with one attached hydrogen (secondary N) is 3. The molecule has 1 unspecified atom stereocenters. The monoisotopic (exact) mass is 480 g/mol. The summed E-state index contributed by atoms with van der Waals surface area (Å²) in [7, 11) is -2.44. The van der Waals surface area contributed by atoms with Crippen LogP contribution < -0.4 is 20.7 Å². The Balaban J connectivity index is 1.76. The number of carbonyl (C=O) groups excluding carboxylic acids is 1. The minimum absolute atomic E-state index is 0.0269. The number of piperazine rings is 1. The van der Waals surface area contributed by atoms with Crippen molar-refractivity contribution < 1.29 is 26.2 Å². The number of carbonyl (C=O) groups is 1. The molecule has 4 heterocycles. The fourth-order valence-corrected chi connectivity index (χ4v) is 6.58. The Morgan fingerprint density at radius 1 is 1.39 bits per heavy atom. The summed E-state index contributed by atoms with van der Waals surface area (Å²) >= 11 is 0.907. The van der Waals surface area contributed by atoms with Crippen LogP contribution in [-0.2, 0) is 23.4 Å². The number of nitrogens with zero attached hydrogens (tertiary/aromatic N) is 3. The van der Waals surface area contributed by atoms with Gasteiger partial charge in [0.05, 0.1) is 22.9 Å². The van der Waals surface area contributed by atoms with Crippen molar-refractivity contribution in [3.63, 3.8) is 0 Å². The lowest BCUT2D eigenvalue weighted by atomic mass is 10.1. The number of amides is 1. The van der Waals surface area contributed by atoms with Crippen molar-refractivity contribution in [2.75, 3.05) is 38.1 Å². The first-order chi connectivity index (χ1) is 17.2. The van der Waals surface area contributed by atoms with Crippen LogP contribution in [0.3, 0.4) is 0 Å². The summed E-state index contributed by atoms with van der Waals surface area (Å²) in [5.74, 6) is -0.421. The van der Waals surface area contributed by atoms with E-state index in [0.29, 0.717) is 31.1 Å². The molecule has 31 heavy (non-hydrogen) atoms. The van der Waals surface area contributed by atoms with Crippen molar-refractivity contribution in [1.82, 2.24) is 24.7 Å². The van der Waals surface area contributed by atoms with E-state index in [4.69, 9.17) is 13.0 Å². The molecule has 2 aromatic rings. The molecule has 10 nitrogen and oxygen atoms in total. The summed E-state index contributed by atoms with van der Waals surface area (Å²) in [6.07, 6.45) is -6.90. The minimum Gasteiger partial charge on any atom is -0.493 e. The van der Waals surface area contributed by atoms with Crippen molar-refractivity contribution in [2.45, 2.75) is 36.9 Å². The molecule has 1 amide bonds. The fraction of sp³-hybridized carbons (Fsp3) is 0.579. The number of ether oxygens (including phenoxy) is 1. The van der Waals surface area contributed by atoms with Gasteiger partial charge in [0.2, 0.25) is 0 Å². The van der Waals surface area contributed by atoms with Gasteiger partial charge in [-0.2, -0.15) is 9.40 Å². The number of hydrogen-bond acceptors (Lipinski definition) is 8. The van der Waals surface area contributed by atoms with Gasteiger partial charge in [-0.1, -0.05) is 13.2 Å². The molecule has 0 saturated carbocycles. The van der Waals surface area contributed by atoms with Crippen LogP contribution in [0.15, 0.2) is 10.3 Å². The van der Waals surface area contributed by atoms with Gasteiger partial charge in [-0.25, -0.2) is 8.42 Å². The first-order valence-electron chi connectivity index (χ1n) is 12.9. The first-order valence-corrected chi connectivity index (χ1v) is 12.0. The van der Waals surface area contributed by atoms with Gasteiger partial charge >= 0.3 is 0 Å². The highest BCUT2D eigenvalue weighted by atomic mass is 32.2. The van der Waals surface area contributed by atoms with E-state index in [-0.39, 0.29) is 27.9 Å². The topological polar surface area (TPSA) is 118 Å². The van der Waals surface area contributed by atoms with E-state index in [1.54, 1.807) is 6.92 Å². The van der Waals surface area contributed by atoms with E-state index in [9.17, 15) is 13.2 Å². The van der Waals surface area contributed by atoms with Crippen molar-refractivity contribution in [3.05, 3.63) is 22.3 Å². The number of aromatic nitrogens is 2. The van der Waals surface area contributed by atoms with Crippen LogP contribution >= 0.6 is 11.3 Å². The maximum absolute atomic E-state index is 13.3. The van der Waals surface area contributed by atoms with Gasteiger partial charge in [0.25, 0.3) is 15.9 Å². The standard InChI is InChI=1S/C19H28N6O4S2/c1-4-6-12-15-16(24(3)23-12)19(26)22-18(21-15)17-13(29-5-2)11-14(30-17)31(27,28)25-9-7-20-8-10-25/h11,18,20-21H,4-10H2,1-3H3,(H,22,26)/i1T2,4T2,6T2. The molecule has 0 aromatic carbocycles. The smallest absolute Gasteiger partial charge is 0.273 e. The minimum atomic E-state index is -3.83. The lowest BCUT2D eigenvalue weighted by Crippen LogP contribution is -2.46. The average Bonchev–Trinajstić information content (AvgIpc) is 3.42. The SMILES string of the molecule is [3H]C([3H])C([3H])([3H])C([3H])([3H])c1nn(C)c2c1NC(c1sc(S(=O)(=O)N3CCNCC3)cc1OCC)NC2=O. The van der Waals surface area contributed by atoms with E-state index < -0.39 is 47.4 Å². The molecular formula is C19H28N6O4S2. The van der Waals surface area contributed by atoms with Crippen LogP contribution in [0.4, 0.5) is 5.69 Å². The average molecular weight is 481 g/mol. The molecule has 0 radical (unpaired) electrons. The molecule has 0 aliphatic carbocycles. The normalized spacial score (nSPS) is 23.5. The van der Waals surface area contributed by atoms with Crippen LogP contribution in [0.5, 0.6) is 5.75 Å². The van der Waals surface area contributed by atoms with Gasteiger partial charge < -0.3 is 20.7 Å². The summed E-state index contributed by atoms with van der Waals surface area (Å²) in [6.45, 7) is 1.44. The summed E-state index contributed by atoms with van der Waals surface area (Å²) < 4.78 is 82.5. The molecule has 170 valence electrons. The van der Waals surface area contributed by atoms with Crippen molar-refractivity contribution in [1.29, 1.82) is 0 Å². The summed E-state index contributed by atoms with van der Waals surface area (Å²) in [5, 5.41) is 12.8. The van der Waals surface area contributed by atoms with Crippen molar-refractivity contribution in [3.8, 4) is 5.75 Å². The molecular weight excluding hydrogens is 440 g/mol. The Labute approximate surface area is 194 Å². The molecule has 1 saturated heterocycles. The Morgan fingerprint density at radius 3 is 2.87 bits per heavy atom. The summed E-state index contributed by atoms with van der Waals surface area (Å²) in [5.41, 5.74) is -0.642. The van der Waals surface area contributed by atoms with Crippen LogP contribution in [-0.4, -0.2) is 61.2 Å². The van der Waals surface area contributed by atoms with Gasteiger partial charge in [0.15, 0.2) is 0 Å². The van der Waals surface area contributed by atoms with Crippen LogP contribution in [0.1, 0.15) is 55.6 Å². The highest BCUT2D eigenvalue weighted by Crippen LogP contribution is 2.41. The Bertz CT molecular complexity index is 1290. The number of hydrogen-bond donors (Lipinski definition) is 3. The molecule has 0 bridgehead atoms. The van der Waals surface area contributed by atoms with Gasteiger partial charge in [-0.3, -0.25) is 9.48 Å². The van der Waals surface area contributed by atoms with E-state index in [2.05, 4.69) is 21.0 Å². The lowest BCUT2D eigenvalue weighted by molar-refractivity contribution is 0.0926. The zero-order valence-electron chi connectivity index (χ0n) is 23.1. The predicted octanol–water partition coefficient (Wildman–Crippen LogP) is 1.28. The van der Waals surface area contributed by atoms with Gasteiger partial charge in [-0.05, 0) is 13.3 Å². The van der Waals surface area contributed by atoms with Crippen LogP contribution in [0.25, 0.3) is 0 Å². The largest absolute Gasteiger partial charge is 0.493 e. The molecule has 2 aliphatic rings. The lowest BCUT2D eigenvalue weighted by Gasteiger charge is -2.27. The third-order valence-corrected chi connectivity index (χ3v) is 8.48. The number of thiophene rings is 1. The second-order valence-corrected chi connectivity index (χ2v) is 10.1. The Kier molecular flexibility index (Phi) is 4.42. The quantitative estimate of drug-likeness (QED) is 0.546. The third-order valence-electron chi connectivity index (χ3n) is 4.95. The number of aryl methyl sites for hydroxylation is 2. The maximum atomic E-state index is 13.3. The number of sulfonamides is 1. The molecule has 1 atom stereocenters. The molecule has 3 N–H and O–H groups in total. The highest BCUT2D eigenvalue weighted by molar-refractivity contribution is 7.91. The number of fused-ring (bicyclic) bond motifs is 1. The van der Waals surface area contributed by atoms with E-state index in [1.807, 2.05) is 0 Å². The molecule has 2 aromatic heterocycles. The van der Waals surface area contributed by atoms with Gasteiger partial charge in [0.1, 0.15) is 21.8 Å². The highest BCUT2D eigenvalue weighted by Gasteiger charge is 2.35. The summed E-state index contributed by atoms with van der Waals surface area (Å²) in [4.78, 5) is 13.4. The van der Waals surface area contributed by atoms with Gasteiger partial charge in [0, 0.05) is 47.5 Å². The van der Waals surface area contributed by atoms with Gasteiger partial charge in [-0.15, -0.1) is 11.3 Å². The van der Waals surface area contributed by atoms with E-state index in [0.717, 1.165) is 16.0 Å². The predicted molar refractivity (Wildman–Crippen MR) is 118 cm³/mol.